The summed E-state index contributed by atoms with van der Waals surface area (Å²) in [7, 11) is 0. The van der Waals surface area contributed by atoms with Crippen LogP contribution in [0.4, 0.5) is 0 Å². The summed E-state index contributed by atoms with van der Waals surface area (Å²) in [6.45, 7) is 8.88. The standard InChI is InChI=1S/C28H34N2O5/c1-3-20-9-11-21(12-10-20)25-24(26(31)22-7-5-8-23(19-22)35-4-2)27(32)28(33)30(25)14-6-13-29-15-17-34-18-16-29/h5,7-12,19,25,31H,3-4,6,13-18H2,1-2H3. The van der Waals surface area contributed by atoms with Crippen molar-refractivity contribution in [1.29, 1.82) is 0 Å². The first kappa shape index (κ1) is 24.9. The van der Waals surface area contributed by atoms with Crippen LogP contribution >= 0.6 is 0 Å². The smallest absolute Gasteiger partial charge is 0.295 e. The Balaban J connectivity index is 1.67. The summed E-state index contributed by atoms with van der Waals surface area (Å²) in [5.74, 6) is -0.801. The summed E-state index contributed by atoms with van der Waals surface area (Å²) in [6.07, 6.45) is 1.63. The number of morpholine rings is 1. The third-order valence-corrected chi connectivity index (χ3v) is 6.64. The van der Waals surface area contributed by atoms with Crippen molar-refractivity contribution in [2.75, 3.05) is 46.0 Å². The molecule has 2 aliphatic heterocycles. The van der Waals surface area contributed by atoms with E-state index in [0.717, 1.165) is 51.3 Å². The number of hydrogen-bond donors (Lipinski definition) is 1. The molecular formula is C28H34N2O5. The number of ketones is 1. The molecule has 1 amide bonds. The number of likely N-dealkylation sites (tertiary alicyclic amines) is 1. The number of aliphatic hydroxyl groups excluding tert-OH is 1. The van der Waals surface area contributed by atoms with E-state index in [2.05, 4.69) is 11.8 Å². The number of aryl methyl sites for hydroxylation is 1. The Morgan fingerprint density at radius 3 is 2.49 bits per heavy atom. The lowest BCUT2D eigenvalue weighted by molar-refractivity contribution is -0.140. The average molecular weight is 479 g/mol. The Hall–Kier alpha value is -3.16. The number of ether oxygens (including phenoxy) is 2. The van der Waals surface area contributed by atoms with E-state index in [1.807, 2.05) is 31.2 Å². The van der Waals surface area contributed by atoms with Crippen molar-refractivity contribution in [3.05, 3.63) is 70.8 Å². The normalized spacial score (nSPS) is 20.4. The lowest BCUT2D eigenvalue weighted by Gasteiger charge is -2.29. The molecule has 186 valence electrons. The summed E-state index contributed by atoms with van der Waals surface area (Å²) in [4.78, 5) is 30.4. The second-order valence-corrected chi connectivity index (χ2v) is 8.86. The Kier molecular flexibility index (Phi) is 8.21. The summed E-state index contributed by atoms with van der Waals surface area (Å²) < 4.78 is 11.0. The first-order chi connectivity index (χ1) is 17.0. The van der Waals surface area contributed by atoms with Crippen molar-refractivity contribution in [1.82, 2.24) is 9.80 Å². The van der Waals surface area contributed by atoms with Crippen LogP contribution in [0.1, 0.15) is 43.0 Å². The molecule has 0 radical (unpaired) electrons. The molecular weight excluding hydrogens is 444 g/mol. The molecule has 0 bridgehead atoms. The largest absolute Gasteiger partial charge is 0.507 e. The summed E-state index contributed by atoms with van der Waals surface area (Å²) in [5.41, 5.74) is 2.56. The molecule has 2 fully saturated rings. The molecule has 35 heavy (non-hydrogen) atoms. The predicted octanol–water partition coefficient (Wildman–Crippen LogP) is 3.79. The molecule has 2 heterocycles. The second-order valence-electron chi connectivity index (χ2n) is 8.86. The predicted molar refractivity (Wildman–Crippen MR) is 134 cm³/mol. The molecule has 0 saturated carbocycles. The van der Waals surface area contributed by atoms with Crippen LogP contribution in [0.25, 0.3) is 5.76 Å². The zero-order valence-corrected chi connectivity index (χ0v) is 20.5. The third kappa shape index (κ3) is 5.57. The Morgan fingerprint density at radius 2 is 1.80 bits per heavy atom. The molecule has 0 aliphatic carbocycles. The van der Waals surface area contributed by atoms with E-state index in [1.54, 1.807) is 29.2 Å². The minimum atomic E-state index is -0.653. The summed E-state index contributed by atoms with van der Waals surface area (Å²) >= 11 is 0. The number of hydrogen-bond acceptors (Lipinski definition) is 6. The molecule has 7 heteroatoms. The molecule has 2 aromatic carbocycles. The van der Waals surface area contributed by atoms with Crippen LogP contribution in [0.15, 0.2) is 54.1 Å². The van der Waals surface area contributed by atoms with Gasteiger partial charge in [0.2, 0.25) is 0 Å². The number of carbonyl (C=O) groups is 2. The number of benzene rings is 2. The van der Waals surface area contributed by atoms with E-state index >= 15 is 0 Å². The van der Waals surface area contributed by atoms with Gasteiger partial charge in [0, 0.05) is 31.7 Å². The number of nitrogens with zero attached hydrogens (tertiary/aromatic N) is 2. The zero-order chi connectivity index (χ0) is 24.8. The Bertz CT molecular complexity index is 1070. The number of rotatable bonds is 9. The molecule has 2 aliphatic rings. The fourth-order valence-corrected chi connectivity index (χ4v) is 4.74. The van der Waals surface area contributed by atoms with Gasteiger partial charge in [0.1, 0.15) is 11.5 Å². The van der Waals surface area contributed by atoms with Crippen molar-refractivity contribution in [2.24, 2.45) is 0 Å². The van der Waals surface area contributed by atoms with Gasteiger partial charge in [0.05, 0.1) is 31.4 Å². The van der Waals surface area contributed by atoms with Gasteiger partial charge >= 0.3 is 0 Å². The van der Waals surface area contributed by atoms with E-state index in [-0.39, 0.29) is 11.3 Å². The lowest BCUT2D eigenvalue weighted by Crippen LogP contribution is -2.38. The minimum absolute atomic E-state index is 0.124. The molecule has 7 nitrogen and oxygen atoms in total. The van der Waals surface area contributed by atoms with Crippen LogP contribution in [0.3, 0.4) is 0 Å². The van der Waals surface area contributed by atoms with Gasteiger partial charge in [-0.15, -0.1) is 0 Å². The van der Waals surface area contributed by atoms with Crippen molar-refractivity contribution in [2.45, 2.75) is 32.7 Å². The first-order valence-corrected chi connectivity index (χ1v) is 12.4. The number of Topliss-reactive ketones (excluding diaryl/α,β-unsaturated/α-hetero) is 1. The Morgan fingerprint density at radius 1 is 1.06 bits per heavy atom. The maximum Gasteiger partial charge on any atom is 0.295 e. The minimum Gasteiger partial charge on any atom is -0.507 e. The van der Waals surface area contributed by atoms with Crippen LogP contribution < -0.4 is 4.74 Å². The zero-order valence-electron chi connectivity index (χ0n) is 20.5. The molecule has 2 saturated heterocycles. The maximum atomic E-state index is 13.2. The van der Waals surface area contributed by atoms with Crippen LogP contribution in [-0.2, 0) is 20.7 Å². The molecule has 2 aromatic rings. The van der Waals surface area contributed by atoms with Gasteiger partial charge in [-0.25, -0.2) is 0 Å². The van der Waals surface area contributed by atoms with Crippen LogP contribution in [0, 0.1) is 0 Å². The van der Waals surface area contributed by atoms with Crippen LogP contribution in [0.5, 0.6) is 5.75 Å². The van der Waals surface area contributed by atoms with Gasteiger partial charge in [-0.1, -0.05) is 43.3 Å². The molecule has 4 rings (SSSR count). The number of amides is 1. The molecule has 1 N–H and O–H groups in total. The van der Waals surface area contributed by atoms with E-state index in [4.69, 9.17) is 9.47 Å². The van der Waals surface area contributed by atoms with E-state index in [0.29, 0.717) is 24.5 Å². The van der Waals surface area contributed by atoms with E-state index in [9.17, 15) is 14.7 Å². The third-order valence-electron chi connectivity index (χ3n) is 6.64. The highest BCUT2D eigenvalue weighted by molar-refractivity contribution is 6.46. The van der Waals surface area contributed by atoms with Gasteiger partial charge in [-0.05, 0) is 43.0 Å². The highest BCUT2D eigenvalue weighted by Gasteiger charge is 2.45. The van der Waals surface area contributed by atoms with E-state index in [1.165, 1.54) is 5.56 Å². The van der Waals surface area contributed by atoms with Gasteiger partial charge in [-0.2, -0.15) is 0 Å². The number of aliphatic hydroxyl groups is 1. The summed E-state index contributed by atoms with van der Waals surface area (Å²) in [5, 5.41) is 11.3. The summed E-state index contributed by atoms with van der Waals surface area (Å²) in [6, 6.07) is 14.3. The van der Waals surface area contributed by atoms with Gasteiger partial charge in [0.25, 0.3) is 11.7 Å². The topological polar surface area (TPSA) is 79.3 Å². The Labute approximate surface area is 206 Å². The quantitative estimate of drug-likeness (QED) is 0.336. The van der Waals surface area contributed by atoms with Crippen molar-refractivity contribution in [3.63, 3.8) is 0 Å². The van der Waals surface area contributed by atoms with E-state index < -0.39 is 17.7 Å². The van der Waals surface area contributed by atoms with Gasteiger partial charge in [-0.3, -0.25) is 14.5 Å². The average Bonchev–Trinajstić information content (AvgIpc) is 3.14. The van der Waals surface area contributed by atoms with Crippen molar-refractivity contribution >= 4 is 17.4 Å². The highest BCUT2D eigenvalue weighted by atomic mass is 16.5. The fourth-order valence-electron chi connectivity index (χ4n) is 4.74. The molecule has 0 spiro atoms. The SMILES string of the molecule is CCOc1cccc(C(O)=C2C(=O)C(=O)N(CCCN3CCOCC3)C2c2ccc(CC)cc2)c1. The first-order valence-electron chi connectivity index (χ1n) is 12.4. The number of carbonyl (C=O) groups excluding carboxylic acids is 2. The van der Waals surface area contributed by atoms with Crippen LogP contribution in [0.2, 0.25) is 0 Å². The van der Waals surface area contributed by atoms with Crippen molar-refractivity contribution in [3.8, 4) is 5.75 Å². The van der Waals surface area contributed by atoms with Crippen molar-refractivity contribution < 1.29 is 24.2 Å². The molecule has 0 aromatic heterocycles. The monoisotopic (exact) mass is 478 g/mol. The van der Waals surface area contributed by atoms with Crippen LogP contribution in [-0.4, -0.2) is 72.6 Å². The maximum absolute atomic E-state index is 13.2. The second kappa shape index (κ2) is 11.5. The highest BCUT2D eigenvalue weighted by Crippen LogP contribution is 2.40. The lowest BCUT2D eigenvalue weighted by atomic mass is 9.94. The fraction of sp³-hybridized carbons (Fsp3) is 0.429. The van der Waals surface area contributed by atoms with Gasteiger partial charge < -0.3 is 19.5 Å². The van der Waals surface area contributed by atoms with Gasteiger partial charge in [0.15, 0.2) is 0 Å². The molecule has 1 atom stereocenters. The molecule has 1 unspecified atom stereocenters.